The topological polar surface area (TPSA) is 64.3 Å². The Morgan fingerprint density at radius 2 is 2.25 bits per heavy atom. The van der Waals surface area contributed by atoms with E-state index in [0.29, 0.717) is 12.2 Å². The summed E-state index contributed by atoms with van der Waals surface area (Å²) in [5, 5.41) is 2.98. The van der Waals surface area contributed by atoms with Gasteiger partial charge in [0.05, 0.1) is 12.2 Å². The third-order valence-corrected chi connectivity index (χ3v) is 2.19. The second-order valence-corrected chi connectivity index (χ2v) is 3.63. The number of carbonyl (C=O) groups excluding carboxylic acids is 1. The van der Waals surface area contributed by atoms with Crippen LogP contribution in [0.15, 0.2) is 18.2 Å². The lowest BCUT2D eigenvalue weighted by Gasteiger charge is -2.11. The van der Waals surface area contributed by atoms with Crippen molar-refractivity contribution in [1.82, 2.24) is 0 Å². The Balaban J connectivity index is 3.03. The lowest BCUT2D eigenvalue weighted by atomic mass is 10.1. The van der Waals surface area contributed by atoms with Crippen LogP contribution < -0.4 is 11.1 Å². The van der Waals surface area contributed by atoms with Gasteiger partial charge in [-0.25, -0.2) is 4.79 Å². The number of ether oxygens (including phenoxy) is 1. The van der Waals surface area contributed by atoms with Crippen molar-refractivity contribution in [1.29, 1.82) is 0 Å². The van der Waals surface area contributed by atoms with Crippen LogP contribution in [0.4, 0.5) is 5.69 Å². The predicted octanol–water partition coefficient (Wildman–Crippen LogP) is 1.83. The van der Waals surface area contributed by atoms with Gasteiger partial charge in [0, 0.05) is 5.69 Å². The highest BCUT2D eigenvalue weighted by Crippen LogP contribution is 2.19. The molecule has 5 heteroatoms. The van der Waals surface area contributed by atoms with Gasteiger partial charge in [0.2, 0.25) is 0 Å². The predicted molar refractivity (Wildman–Crippen MR) is 67.5 cm³/mol. The van der Waals surface area contributed by atoms with Crippen molar-refractivity contribution < 1.29 is 9.53 Å². The maximum atomic E-state index is 11.6. The molecule has 0 heterocycles. The van der Waals surface area contributed by atoms with Crippen LogP contribution in [-0.2, 0) is 4.74 Å². The summed E-state index contributed by atoms with van der Waals surface area (Å²) in [5.74, 6) is -0.341. The minimum atomic E-state index is -0.341. The SMILES string of the molecule is CCOC(=O)c1cccc(NC(N)=S)c1C. The lowest BCUT2D eigenvalue weighted by Crippen LogP contribution is -2.20. The van der Waals surface area contributed by atoms with Crippen molar-refractivity contribution in [3.05, 3.63) is 29.3 Å². The van der Waals surface area contributed by atoms with Gasteiger partial charge < -0.3 is 15.8 Å². The van der Waals surface area contributed by atoms with E-state index in [1.807, 2.05) is 6.92 Å². The summed E-state index contributed by atoms with van der Waals surface area (Å²) in [5.41, 5.74) is 7.39. The van der Waals surface area contributed by atoms with Crippen LogP contribution in [0.5, 0.6) is 0 Å². The molecule has 0 fully saturated rings. The minimum Gasteiger partial charge on any atom is -0.462 e. The van der Waals surface area contributed by atoms with Crippen LogP contribution in [0.1, 0.15) is 22.8 Å². The Morgan fingerprint density at radius 3 is 2.81 bits per heavy atom. The number of nitrogens with one attached hydrogen (secondary N) is 1. The van der Waals surface area contributed by atoms with E-state index in [1.54, 1.807) is 25.1 Å². The van der Waals surface area contributed by atoms with E-state index in [4.69, 9.17) is 22.7 Å². The zero-order valence-electron chi connectivity index (χ0n) is 9.24. The molecule has 1 rings (SSSR count). The Bertz CT molecular complexity index is 418. The van der Waals surface area contributed by atoms with Crippen LogP contribution in [0.3, 0.4) is 0 Å². The van der Waals surface area contributed by atoms with E-state index in [2.05, 4.69) is 5.32 Å². The first kappa shape index (κ1) is 12.4. The number of nitrogens with two attached hydrogens (primary N) is 1. The molecular formula is C11H14N2O2S. The van der Waals surface area contributed by atoms with E-state index in [-0.39, 0.29) is 11.1 Å². The van der Waals surface area contributed by atoms with Crippen LogP contribution in [0.2, 0.25) is 0 Å². The van der Waals surface area contributed by atoms with Crippen molar-refractivity contribution in [2.45, 2.75) is 13.8 Å². The first-order valence-electron chi connectivity index (χ1n) is 4.89. The van der Waals surface area contributed by atoms with Crippen molar-refractivity contribution in [3.8, 4) is 0 Å². The van der Waals surface area contributed by atoms with Crippen molar-refractivity contribution in [2.24, 2.45) is 5.73 Å². The molecule has 0 bridgehead atoms. The highest BCUT2D eigenvalue weighted by atomic mass is 32.1. The van der Waals surface area contributed by atoms with Gasteiger partial charge in [-0.1, -0.05) is 6.07 Å². The fourth-order valence-corrected chi connectivity index (χ4v) is 1.44. The van der Waals surface area contributed by atoms with E-state index >= 15 is 0 Å². The number of rotatable bonds is 3. The van der Waals surface area contributed by atoms with Gasteiger partial charge in [0.15, 0.2) is 5.11 Å². The number of benzene rings is 1. The summed E-state index contributed by atoms with van der Waals surface area (Å²) < 4.78 is 4.94. The molecule has 3 N–H and O–H groups in total. The first-order valence-corrected chi connectivity index (χ1v) is 5.30. The summed E-state index contributed by atoms with van der Waals surface area (Å²) >= 11 is 4.75. The summed E-state index contributed by atoms with van der Waals surface area (Å²) in [7, 11) is 0. The van der Waals surface area contributed by atoms with Gasteiger partial charge in [-0.3, -0.25) is 0 Å². The average molecular weight is 238 g/mol. The molecule has 0 unspecified atom stereocenters. The quantitative estimate of drug-likeness (QED) is 0.621. The summed E-state index contributed by atoms with van der Waals surface area (Å²) in [6, 6.07) is 5.26. The largest absolute Gasteiger partial charge is 0.462 e. The second-order valence-electron chi connectivity index (χ2n) is 3.19. The maximum absolute atomic E-state index is 11.6. The minimum absolute atomic E-state index is 0.170. The molecule has 0 amide bonds. The molecule has 0 aromatic heterocycles. The summed E-state index contributed by atoms with van der Waals surface area (Å²) in [4.78, 5) is 11.6. The van der Waals surface area contributed by atoms with Crippen LogP contribution in [-0.4, -0.2) is 17.7 Å². The van der Waals surface area contributed by atoms with Gasteiger partial charge in [-0.2, -0.15) is 0 Å². The number of hydrogen-bond donors (Lipinski definition) is 2. The number of anilines is 1. The van der Waals surface area contributed by atoms with Gasteiger partial charge in [0.1, 0.15) is 0 Å². The van der Waals surface area contributed by atoms with Gasteiger partial charge in [0.25, 0.3) is 0 Å². The molecule has 0 atom stereocenters. The zero-order valence-corrected chi connectivity index (χ0v) is 10.1. The molecular weight excluding hydrogens is 224 g/mol. The molecule has 0 saturated carbocycles. The number of hydrogen-bond acceptors (Lipinski definition) is 3. The molecule has 0 aliphatic heterocycles. The summed E-state index contributed by atoms with van der Waals surface area (Å²) in [6.07, 6.45) is 0. The number of esters is 1. The molecule has 16 heavy (non-hydrogen) atoms. The maximum Gasteiger partial charge on any atom is 0.338 e. The highest BCUT2D eigenvalue weighted by Gasteiger charge is 2.12. The van der Waals surface area contributed by atoms with Crippen molar-refractivity contribution >= 4 is 29.0 Å². The third kappa shape index (κ3) is 2.93. The Kier molecular flexibility index (Phi) is 4.25. The first-order chi connectivity index (χ1) is 7.56. The fraction of sp³-hybridized carbons (Fsp3) is 0.273. The monoisotopic (exact) mass is 238 g/mol. The Hall–Kier alpha value is -1.62. The van der Waals surface area contributed by atoms with Crippen molar-refractivity contribution in [2.75, 3.05) is 11.9 Å². The van der Waals surface area contributed by atoms with Gasteiger partial charge in [-0.05, 0) is 43.8 Å². The third-order valence-electron chi connectivity index (χ3n) is 2.09. The number of thiocarbonyl (C=S) groups is 1. The van der Waals surface area contributed by atoms with Gasteiger partial charge >= 0.3 is 5.97 Å². The molecule has 0 aliphatic rings. The molecule has 86 valence electrons. The number of carbonyl (C=O) groups is 1. The molecule has 1 aromatic rings. The molecule has 4 nitrogen and oxygen atoms in total. The summed E-state index contributed by atoms with van der Waals surface area (Å²) in [6.45, 7) is 3.93. The standard InChI is InChI=1S/C11H14N2O2S/c1-3-15-10(14)8-5-4-6-9(7(8)2)13-11(12)16/h4-6H,3H2,1-2H3,(H3,12,13,16). The van der Waals surface area contributed by atoms with E-state index in [9.17, 15) is 4.79 Å². The normalized spacial score (nSPS) is 9.62. The molecule has 0 aliphatic carbocycles. The smallest absolute Gasteiger partial charge is 0.338 e. The highest BCUT2D eigenvalue weighted by molar-refractivity contribution is 7.80. The Morgan fingerprint density at radius 1 is 1.56 bits per heavy atom. The second kappa shape index (κ2) is 5.46. The van der Waals surface area contributed by atoms with Crippen LogP contribution in [0, 0.1) is 6.92 Å². The molecule has 0 spiro atoms. The molecule has 1 aromatic carbocycles. The van der Waals surface area contributed by atoms with E-state index < -0.39 is 0 Å². The zero-order chi connectivity index (χ0) is 12.1. The molecule has 0 saturated heterocycles. The Labute approximate surface area is 99.8 Å². The van der Waals surface area contributed by atoms with Crippen LogP contribution in [0.25, 0.3) is 0 Å². The average Bonchev–Trinajstić information content (AvgIpc) is 2.21. The van der Waals surface area contributed by atoms with Gasteiger partial charge in [-0.15, -0.1) is 0 Å². The lowest BCUT2D eigenvalue weighted by molar-refractivity contribution is 0.0525. The van der Waals surface area contributed by atoms with Crippen molar-refractivity contribution in [3.63, 3.8) is 0 Å². The van der Waals surface area contributed by atoms with Crippen LogP contribution >= 0.6 is 12.2 Å². The fourth-order valence-electron chi connectivity index (χ4n) is 1.33. The molecule has 0 radical (unpaired) electrons. The van der Waals surface area contributed by atoms with E-state index in [1.165, 1.54) is 0 Å². The van der Waals surface area contributed by atoms with E-state index in [0.717, 1.165) is 11.3 Å².